The predicted octanol–water partition coefficient (Wildman–Crippen LogP) is 4.26. The number of esters is 1. The second-order valence-corrected chi connectivity index (χ2v) is 7.64. The number of ether oxygens (including phenoxy) is 3. The van der Waals surface area contributed by atoms with Gasteiger partial charge in [-0.25, -0.2) is 4.79 Å². The van der Waals surface area contributed by atoms with Crippen molar-refractivity contribution in [2.75, 3.05) is 18.5 Å². The summed E-state index contributed by atoms with van der Waals surface area (Å²) in [5.74, 6) is 0.554. The van der Waals surface area contributed by atoms with E-state index in [4.69, 9.17) is 14.2 Å². The maximum Gasteiger partial charge on any atom is 0.351 e. The lowest BCUT2D eigenvalue weighted by Crippen LogP contribution is -2.39. The highest BCUT2D eigenvalue weighted by Gasteiger charge is 2.29. The fourth-order valence-corrected chi connectivity index (χ4v) is 3.24. The Balaban J connectivity index is 1.61. The van der Waals surface area contributed by atoms with Gasteiger partial charge in [-0.1, -0.05) is 58.0 Å². The molecule has 154 valence electrons. The summed E-state index contributed by atoms with van der Waals surface area (Å²) in [6.07, 6.45) is -0.896. The average Bonchev–Trinajstić information content (AvgIpc) is 2.71. The van der Waals surface area contributed by atoms with Crippen LogP contribution in [-0.4, -0.2) is 31.2 Å². The van der Waals surface area contributed by atoms with Crippen LogP contribution in [0.2, 0.25) is 0 Å². The molecule has 1 aliphatic rings. The molecule has 0 bridgehead atoms. The van der Waals surface area contributed by atoms with Gasteiger partial charge >= 0.3 is 5.97 Å². The lowest BCUT2D eigenvalue weighted by atomic mass is 9.92. The molecule has 1 atom stereocenters. The van der Waals surface area contributed by atoms with E-state index in [9.17, 15) is 9.59 Å². The minimum atomic E-state index is -0.896. The highest BCUT2D eigenvalue weighted by atomic mass is 16.6. The molecule has 1 amide bonds. The van der Waals surface area contributed by atoms with Crippen LogP contribution in [0.1, 0.15) is 50.7 Å². The number of amides is 1. The summed E-state index contributed by atoms with van der Waals surface area (Å²) >= 11 is 0. The molecule has 0 saturated carbocycles. The Kier molecular flexibility index (Phi) is 6.42. The van der Waals surface area contributed by atoms with E-state index in [1.54, 1.807) is 18.2 Å². The van der Waals surface area contributed by atoms with Crippen LogP contribution in [-0.2, 0) is 14.3 Å². The molecule has 0 fully saturated rings. The maximum atomic E-state index is 12.5. The normalized spacial score (nSPS) is 15.3. The Hall–Kier alpha value is -3.02. The van der Waals surface area contributed by atoms with Crippen LogP contribution in [0.25, 0.3) is 0 Å². The van der Waals surface area contributed by atoms with Crippen LogP contribution in [0.15, 0.2) is 42.5 Å². The SMILES string of the molecule is CC(C)c1cccc(C(C)C)c1NC(=O)COC(=O)[C@H]1COc2ccccc2O1. The van der Waals surface area contributed by atoms with Crippen molar-refractivity contribution in [3.63, 3.8) is 0 Å². The number of carbonyl (C=O) groups excluding carboxylic acids is 2. The van der Waals surface area contributed by atoms with Crippen molar-refractivity contribution in [2.24, 2.45) is 0 Å². The van der Waals surface area contributed by atoms with Crippen molar-refractivity contribution >= 4 is 17.6 Å². The third-order valence-electron chi connectivity index (χ3n) is 4.75. The van der Waals surface area contributed by atoms with E-state index in [2.05, 4.69) is 33.0 Å². The molecule has 1 heterocycles. The first-order valence-corrected chi connectivity index (χ1v) is 9.84. The zero-order valence-corrected chi connectivity index (χ0v) is 17.2. The summed E-state index contributed by atoms with van der Waals surface area (Å²) in [5.41, 5.74) is 2.90. The van der Waals surface area contributed by atoms with Gasteiger partial charge in [0, 0.05) is 5.69 Å². The van der Waals surface area contributed by atoms with Crippen molar-refractivity contribution in [1.29, 1.82) is 0 Å². The molecular formula is C23H27NO5. The number of rotatable bonds is 6. The Labute approximate surface area is 171 Å². The molecule has 3 rings (SSSR count). The number of hydrogen-bond acceptors (Lipinski definition) is 5. The van der Waals surface area contributed by atoms with Crippen LogP contribution in [0.4, 0.5) is 5.69 Å². The minimum absolute atomic E-state index is 0.0468. The van der Waals surface area contributed by atoms with E-state index in [0.717, 1.165) is 16.8 Å². The molecule has 1 aliphatic heterocycles. The first-order valence-electron chi connectivity index (χ1n) is 9.84. The lowest BCUT2D eigenvalue weighted by molar-refractivity contribution is -0.156. The highest BCUT2D eigenvalue weighted by molar-refractivity contribution is 5.94. The van der Waals surface area contributed by atoms with Gasteiger partial charge in [-0.05, 0) is 35.1 Å². The highest BCUT2D eigenvalue weighted by Crippen LogP contribution is 2.33. The zero-order chi connectivity index (χ0) is 21.0. The monoisotopic (exact) mass is 397 g/mol. The summed E-state index contributed by atoms with van der Waals surface area (Å²) in [7, 11) is 0. The van der Waals surface area contributed by atoms with Crippen LogP contribution < -0.4 is 14.8 Å². The summed E-state index contributed by atoms with van der Waals surface area (Å²) < 4.78 is 16.3. The van der Waals surface area contributed by atoms with Crippen LogP contribution in [0.5, 0.6) is 11.5 Å². The van der Waals surface area contributed by atoms with Crippen molar-refractivity contribution in [1.82, 2.24) is 0 Å². The number of fused-ring (bicyclic) bond motifs is 1. The molecule has 0 spiro atoms. The first kappa shape index (κ1) is 20.7. The largest absolute Gasteiger partial charge is 0.485 e. The van der Waals surface area contributed by atoms with E-state index >= 15 is 0 Å². The number of para-hydroxylation sites is 3. The van der Waals surface area contributed by atoms with Gasteiger partial charge in [0.15, 0.2) is 18.1 Å². The average molecular weight is 397 g/mol. The Morgan fingerprint density at radius 1 is 1.00 bits per heavy atom. The number of benzene rings is 2. The van der Waals surface area contributed by atoms with Crippen molar-refractivity contribution in [3.8, 4) is 11.5 Å². The van der Waals surface area contributed by atoms with Crippen LogP contribution >= 0.6 is 0 Å². The van der Waals surface area contributed by atoms with Crippen LogP contribution in [0.3, 0.4) is 0 Å². The number of nitrogens with one attached hydrogen (secondary N) is 1. The van der Waals surface area contributed by atoms with Gasteiger partial charge in [0.25, 0.3) is 5.91 Å². The molecule has 6 heteroatoms. The zero-order valence-electron chi connectivity index (χ0n) is 17.2. The van der Waals surface area contributed by atoms with Gasteiger partial charge in [-0.15, -0.1) is 0 Å². The third-order valence-corrected chi connectivity index (χ3v) is 4.75. The summed E-state index contributed by atoms with van der Waals surface area (Å²) in [5, 5.41) is 2.93. The van der Waals surface area contributed by atoms with Gasteiger partial charge in [0.05, 0.1) is 0 Å². The van der Waals surface area contributed by atoms with E-state index in [-0.39, 0.29) is 31.0 Å². The summed E-state index contributed by atoms with van der Waals surface area (Å²) in [6, 6.07) is 13.1. The van der Waals surface area contributed by atoms with Crippen molar-refractivity contribution in [3.05, 3.63) is 53.6 Å². The lowest BCUT2D eigenvalue weighted by Gasteiger charge is -2.25. The molecule has 29 heavy (non-hydrogen) atoms. The molecule has 0 radical (unpaired) electrons. The second kappa shape index (κ2) is 8.99. The van der Waals surface area contributed by atoms with E-state index in [1.807, 2.05) is 24.3 Å². The number of carbonyl (C=O) groups is 2. The molecule has 0 saturated heterocycles. The smallest absolute Gasteiger partial charge is 0.351 e. The van der Waals surface area contributed by atoms with Gasteiger partial charge in [-0.3, -0.25) is 4.79 Å². The molecular weight excluding hydrogens is 370 g/mol. The van der Waals surface area contributed by atoms with E-state index in [1.165, 1.54) is 0 Å². The topological polar surface area (TPSA) is 73.9 Å². The molecule has 0 aliphatic carbocycles. The second-order valence-electron chi connectivity index (χ2n) is 7.64. The quantitative estimate of drug-likeness (QED) is 0.738. The fraction of sp³-hybridized carbons (Fsp3) is 0.391. The van der Waals surface area contributed by atoms with Gasteiger partial charge in [0.1, 0.15) is 6.61 Å². The maximum absolute atomic E-state index is 12.5. The van der Waals surface area contributed by atoms with E-state index < -0.39 is 12.1 Å². The Morgan fingerprint density at radius 2 is 1.62 bits per heavy atom. The third kappa shape index (κ3) is 4.88. The fourth-order valence-electron chi connectivity index (χ4n) is 3.24. The molecule has 0 unspecified atom stereocenters. The number of anilines is 1. The van der Waals surface area contributed by atoms with Crippen molar-refractivity contribution < 1.29 is 23.8 Å². The predicted molar refractivity (Wildman–Crippen MR) is 111 cm³/mol. The van der Waals surface area contributed by atoms with Gasteiger partial charge in [-0.2, -0.15) is 0 Å². The van der Waals surface area contributed by atoms with Gasteiger partial charge in [0.2, 0.25) is 6.10 Å². The first-order chi connectivity index (χ1) is 13.9. The molecule has 2 aromatic rings. The summed E-state index contributed by atoms with van der Waals surface area (Å²) in [6.45, 7) is 7.97. The molecule has 1 N–H and O–H groups in total. The minimum Gasteiger partial charge on any atom is -0.485 e. The molecule has 2 aromatic carbocycles. The Morgan fingerprint density at radius 3 is 2.24 bits per heavy atom. The van der Waals surface area contributed by atoms with Gasteiger partial charge < -0.3 is 19.5 Å². The van der Waals surface area contributed by atoms with Crippen LogP contribution in [0, 0.1) is 0 Å². The molecule has 6 nitrogen and oxygen atoms in total. The Bertz CT molecular complexity index is 864. The van der Waals surface area contributed by atoms with E-state index in [0.29, 0.717) is 11.5 Å². The summed E-state index contributed by atoms with van der Waals surface area (Å²) in [4.78, 5) is 24.8. The standard InChI is InChI=1S/C23H27NO5/c1-14(2)16-8-7-9-17(15(3)4)22(16)24-21(25)13-28-23(26)20-12-27-18-10-5-6-11-19(18)29-20/h5-11,14-15,20H,12-13H2,1-4H3,(H,24,25)/t20-/m1/s1. The molecule has 0 aromatic heterocycles. The van der Waals surface area contributed by atoms with Crippen molar-refractivity contribution in [2.45, 2.75) is 45.6 Å². The number of hydrogen-bond donors (Lipinski definition) is 1.